The van der Waals surface area contributed by atoms with E-state index in [2.05, 4.69) is 22.5 Å². The van der Waals surface area contributed by atoms with Crippen molar-refractivity contribution < 1.29 is 9.53 Å². The highest BCUT2D eigenvalue weighted by atomic mass is 35.5. The van der Waals surface area contributed by atoms with Gasteiger partial charge in [-0.2, -0.15) is 0 Å². The Hall–Kier alpha value is -3.03. The fraction of sp³-hybridized carbons (Fsp3) is 0.407. The van der Waals surface area contributed by atoms with Crippen LogP contribution in [0.15, 0.2) is 41.7 Å². The number of carbonyl (C=O) groups excluding carboxylic acids is 1. The molecule has 0 bridgehead atoms. The van der Waals surface area contributed by atoms with Crippen LogP contribution >= 0.6 is 11.6 Å². The third kappa shape index (κ3) is 5.63. The maximum atomic E-state index is 12.4. The summed E-state index contributed by atoms with van der Waals surface area (Å²) in [6.07, 6.45) is 10.5. The van der Waals surface area contributed by atoms with Gasteiger partial charge >= 0.3 is 0 Å². The topological polar surface area (TPSA) is 107 Å². The number of fused-ring (bicyclic) bond motifs is 1. The number of methoxy groups -OCH3 is 1. The van der Waals surface area contributed by atoms with Gasteiger partial charge in [0.15, 0.2) is 11.5 Å². The first-order chi connectivity index (χ1) is 17.0. The maximum Gasteiger partial charge on any atom is 0.169 e. The highest BCUT2D eigenvalue weighted by Crippen LogP contribution is 2.41. The highest BCUT2D eigenvalue weighted by Gasteiger charge is 2.32. The summed E-state index contributed by atoms with van der Waals surface area (Å²) < 4.78 is 5.21. The number of anilines is 1. The van der Waals surface area contributed by atoms with Crippen LogP contribution in [-0.4, -0.2) is 31.0 Å². The van der Waals surface area contributed by atoms with Gasteiger partial charge in [-0.15, -0.1) is 4.91 Å². The number of rotatable bonds is 6. The van der Waals surface area contributed by atoms with E-state index in [1.54, 1.807) is 18.3 Å². The molecule has 5 rings (SSSR count). The van der Waals surface area contributed by atoms with Crippen molar-refractivity contribution in [1.29, 1.82) is 0 Å². The molecular formula is C27H31ClN4O3. The van der Waals surface area contributed by atoms with Crippen molar-refractivity contribution in [1.82, 2.24) is 10.3 Å². The van der Waals surface area contributed by atoms with E-state index in [9.17, 15) is 9.70 Å². The van der Waals surface area contributed by atoms with Gasteiger partial charge in [-0.1, -0.05) is 36.9 Å². The minimum absolute atomic E-state index is 0.0541. The van der Waals surface area contributed by atoms with Gasteiger partial charge in [-0.25, -0.2) is 0 Å². The Kier molecular flexibility index (Phi) is 7.98. The van der Waals surface area contributed by atoms with E-state index in [0.717, 1.165) is 30.0 Å². The second kappa shape index (κ2) is 11.1. The minimum atomic E-state index is 0.0541. The van der Waals surface area contributed by atoms with Crippen molar-refractivity contribution in [2.45, 2.75) is 51.0 Å². The Labute approximate surface area is 210 Å². The number of nitrogens with two attached hydrogens (primary N) is 1. The Bertz CT molecular complexity index is 1240. The molecule has 0 spiro atoms. The molecule has 7 nitrogen and oxygen atoms in total. The van der Waals surface area contributed by atoms with Crippen molar-refractivity contribution >= 4 is 39.7 Å². The summed E-state index contributed by atoms with van der Waals surface area (Å²) in [4.78, 5) is 27.8. The van der Waals surface area contributed by atoms with Crippen LogP contribution < -0.4 is 15.8 Å². The fourth-order valence-corrected chi connectivity index (χ4v) is 4.78. The molecule has 0 atom stereocenters. The van der Waals surface area contributed by atoms with E-state index in [4.69, 9.17) is 22.1 Å². The average Bonchev–Trinajstić information content (AvgIpc) is 3.74. The van der Waals surface area contributed by atoms with Crippen LogP contribution in [0.25, 0.3) is 22.0 Å². The van der Waals surface area contributed by atoms with Gasteiger partial charge in [-0.3, -0.25) is 9.78 Å². The molecule has 3 aromatic rings. The van der Waals surface area contributed by atoms with Crippen LogP contribution in [0.4, 0.5) is 11.4 Å². The van der Waals surface area contributed by atoms with Crippen molar-refractivity contribution in [2.24, 2.45) is 11.1 Å². The molecule has 2 saturated carbocycles. The van der Waals surface area contributed by atoms with Crippen molar-refractivity contribution in [2.75, 3.05) is 19.9 Å². The number of Topliss-reactive ketones (excluding diaryl/α,β-unsaturated/α-hetero) is 1. The van der Waals surface area contributed by atoms with Crippen LogP contribution in [0, 0.1) is 10.8 Å². The quantitative estimate of drug-likeness (QED) is 0.292. The zero-order valence-corrected chi connectivity index (χ0v) is 20.9. The number of hydrogen-bond donors (Lipinski definition) is 2. The predicted molar refractivity (Wildman–Crippen MR) is 142 cm³/mol. The molecule has 0 aliphatic heterocycles. The monoisotopic (exact) mass is 494 g/mol. The molecule has 184 valence electrons. The van der Waals surface area contributed by atoms with E-state index in [1.807, 2.05) is 18.2 Å². The molecule has 8 heteroatoms. The Morgan fingerprint density at radius 2 is 1.86 bits per heavy atom. The summed E-state index contributed by atoms with van der Waals surface area (Å²) in [5.41, 5.74) is 9.51. The molecule has 35 heavy (non-hydrogen) atoms. The molecule has 0 amide bonds. The molecule has 0 saturated heterocycles. The summed E-state index contributed by atoms with van der Waals surface area (Å²) in [6, 6.07) is 9.73. The molecule has 1 aromatic heterocycles. The third-order valence-corrected chi connectivity index (χ3v) is 7.10. The van der Waals surface area contributed by atoms with Crippen LogP contribution in [0.3, 0.4) is 0 Å². The van der Waals surface area contributed by atoms with E-state index in [1.165, 1.54) is 39.2 Å². The number of hydrogen-bond acceptors (Lipinski definition) is 7. The number of pyridine rings is 1. The second-order valence-corrected chi connectivity index (χ2v) is 9.59. The van der Waals surface area contributed by atoms with Crippen LogP contribution in [0.2, 0.25) is 5.02 Å². The smallest absolute Gasteiger partial charge is 0.169 e. The van der Waals surface area contributed by atoms with Gasteiger partial charge in [0, 0.05) is 23.5 Å². The normalized spacial score (nSPS) is 15.9. The number of nitrogen functional groups attached to an aromatic ring is 1. The van der Waals surface area contributed by atoms with Crippen molar-refractivity contribution in [3.05, 3.63) is 52.0 Å². The average molecular weight is 495 g/mol. The lowest BCUT2D eigenvalue weighted by Gasteiger charge is -2.20. The lowest BCUT2D eigenvalue weighted by atomic mass is 9.96. The lowest BCUT2D eigenvalue weighted by molar-refractivity contribution is 0.0968. The number of ether oxygens (including phenoxy) is 1. The SMILES string of the molecule is CNC1CCCCC1.COc1cc(-c2ccc3ncc(C(=O)C4CC4)c(N)c3c2)cc(Cl)c1N=O. The molecule has 2 aliphatic rings. The van der Waals surface area contributed by atoms with Gasteiger partial charge in [0.1, 0.15) is 5.75 Å². The van der Waals surface area contributed by atoms with Gasteiger partial charge in [-0.05, 0) is 73.3 Å². The van der Waals surface area contributed by atoms with Crippen molar-refractivity contribution in [3.8, 4) is 16.9 Å². The largest absolute Gasteiger partial charge is 0.494 e. The zero-order chi connectivity index (χ0) is 24.9. The first kappa shape index (κ1) is 25.1. The van der Waals surface area contributed by atoms with Gasteiger partial charge in [0.25, 0.3) is 0 Å². The van der Waals surface area contributed by atoms with Gasteiger partial charge in [0.05, 0.1) is 28.9 Å². The van der Waals surface area contributed by atoms with E-state index < -0.39 is 0 Å². The van der Waals surface area contributed by atoms with Crippen LogP contribution in [-0.2, 0) is 0 Å². The molecule has 1 heterocycles. The fourth-order valence-electron chi connectivity index (χ4n) is 4.53. The predicted octanol–water partition coefficient (Wildman–Crippen LogP) is 6.68. The Morgan fingerprint density at radius 3 is 2.46 bits per heavy atom. The molecule has 2 aliphatic carbocycles. The number of aromatic nitrogens is 1. The molecule has 2 fully saturated rings. The minimum Gasteiger partial charge on any atom is -0.494 e. The number of halogens is 1. The second-order valence-electron chi connectivity index (χ2n) is 9.18. The Balaban J connectivity index is 0.000000308. The summed E-state index contributed by atoms with van der Waals surface area (Å²) in [7, 11) is 3.51. The number of carbonyl (C=O) groups is 1. The van der Waals surface area contributed by atoms with Gasteiger partial charge < -0.3 is 15.8 Å². The molecule has 2 aromatic carbocycles. The first-order valence-electron chi connectivity index (χ1n) is 12.1. The molecule has 0 unspecified atom stereocenters. The summed E-state index contributed by atoms with van der Waals surface area (Å²) in [5.74, 6) is 0.413. The first-order valence-corrected chi connectivity index (χ1v) is 12.5. The number of nitroso groups, excluding NO2 is 1. The summed E-state index contributed by atoms with van der Waals surface area (Å²) in [6.45, 7) is 0. The zero-order valence-electron chi connectivity index (χ0n) is 20.1. The molecule has 0 radical (unpaired) electrons. The third-order valence-electron chi connectivity index (χ3n) is 6.81. The van der Waals surface area contributed by atoms with Crippen molar-refractivity contribution in [3.63, 3.8) is 0 Å². The highest BCUT2D eigenvalue weighted by molar-refractivity contribution is 6.33. The van der Waals surface area contributed by atoms with Gasteiger partial charge in [0.2, 0.25) is 0 Å². The maximum absolute atomic E-state index is 12.4. The van der Waals surface area contributed by atoms with E-state index in [-0.39, 0.29) is 28.2 Å². The number of benzene rings is 2. The standard InChI is InChI=1S/C20H16ClN3O3.C7H15N/c1-27-17-8-12(7-15(21)19(17)24-26)11-4-5-16-13(6-11)18(22)14(9-23-16)20(25)10-2-3-10;1-8-7-5-3-2-4-6-7/h4-10H,2-3H2,1H3,(H2,22,23);7-8H,2-6H2,1H3. The Morgan fingerprint density at radius 1 is 1.11 bits per heavy atom. The molecular weight excluding hydrogens is 464 g/mol. The number of nitrogens with one attached hydrogen (secondary N) is 1. The van der Waals surface area contributed by atoms with E-state index in [0.29, 0.717) is 22.2 Å². The van der Waals surface area contributed by atoms with Crippen LogP contribution in [0.5, 0.6) is 5.75 Å². The van der Waals surface area contributed by atoms with Crippen LogP contribution in [0.1, 0.15) is 55.3 Å². The number of ketones is 1. The number of nitrogens with zero attached hydrogens (tertiary/aromatic N) is 2. The molecule has 3 N–H and O–H groups in total. The summed E-state index contributed by atoms with van der Waals surface area (Å²) in [5, 5.41) is 7.12. The lowest BCUT2D eigenvalue weighted by Crippen LogP contribution is -2.26. The summed E-state index contributed by atoms with van der Waals surface area (Å²) >= 11 is 6.17. The van der Waals surface area contributed by atoms with E-state index >= 15 is 0 Å².